The molecule has 0 aromatic heterocycles. The van der Waals surface area contributed by atoms with Crippen molar-refractivity contribution in [1.29, 1.82) is 0 Å². The lowest BCUT2D eigenvalue weighted by Crippen LogP contribution is -2.51. The van der Waals surface area contributed by atoms with Crippen LogP contribution in [-0.2, 0) is 10.0 Å². The third-order valence-electron chi connectivity index (χ3n) is 4.22. The Morgan fingerprint density at radius 1 is 1.22 bits per heavy atom. The minimum atomic E-state index is -3.32. The first-order chi connectivity index (χ1) is 10.9. The van der Waals surface area contributed by atoms with E-state index in [1.807, 2.05) is 6.92 Å². The molecule has 0 unspecified atom stereocenters. The van der Waals surface area contributed by atoms with E-state index in [4.69, 9.17) is 5.73 Å². The van der Waals surface area contributed by atoms with Crippen LogP contribution in [0.5, 0.6) is 0 Å². The van der Waals surface area contributed by atoms with E-state index in [1.165, 1.54) is 0 Å². The van der Waals surface area contributed by atoms with Crippen LogP contribution in [0.25, 0.3) is 0 Å². The Bertz CT molecular complexity index is 635. The van der Waals surface area contributed by atoms with Crippen molar-refractivity contribution in [2.45, 2.75) is 44.6 Å². The minimum Gasteiger partial charge on any atom is -0.345 e. The van der Waals surface area contributed by atoms with E-state index in [-0.39, 0.29) is 17.2 Å². The van der Waals surface area contributed by atoms with Crippen LogP contribution < -0.4 is 15.8 Å². The van der Waals surface area contributed by atoms with E-state index in [2.05, 4.69) is 10.0 Å². The fraction of sp³-hybridized carbons (Fsp3) is 0.562. The predicted octanol–water partition coefficient (Wildman–Crippen LogP) is 1.84. The molecule has 7 heteroatoms. The normalized spacial score (nSPS) is 17.0. The Labute approximate surface area is 137 Å². The molecule has 4 N–H and O–H groups in total. The molecule has 0 spiro atoms. The first-order valence-electron chi connectivity index (χ1n) is 8.03. The fourth-order valence-corrected chi connectivity index (χ4v) is 4.07. The van der Waals surface area contributed by atoms with Crippen LogP contribution in [0.2, 0.25) is 0 Å². The van der Waals surface area contributed by atoms with Gasteiger partial charge < -0.3 is 11.1 Å². The molecule has 0 radical (unpaired) electrons. The second-order valence-electron chi connectivity index (χ2n) is 6.14. The number of sulfonamides is 1. The minimum absolute atomic E-state index is 0.0776. The second-order valence-corrected chi connectivity index (χ2v) is 7.99. The second kappa shape index (κ2) is 7.31. The van der Waals surface area contributed by atoms with Gasteiger partial charge in [0.15, 0.2) is 0 Å². The lowest BCUT2D eigenvalue weighted by Gasteiger charge is -2.28. The van der Waals surface area contributed by atoms with Gasteiger partial charge in [-0.15, -0.1) is 0 Å². The standard InChI is InChI=1S/C16H25N3O3S/c1-2-11-23(21,22)19-14-7-5-13(6-8-14)15(20)18-16(12-17)9-3-4-10-16/h5-8,19H,2-4,9-12,17H2,1H3,(H,18,20). The zero-order valence-electron chi connectivity index (χ0n) is 13.5. The summed E-state index contributed by atoms with van der Waals surface area (Å²) in [6.07, 6.45) is 4.52. The number of hydrogen-bond acceptors (Lipinski definition) is 4. The van der Waals surface area contributed by atoms with Crippen molar-refractivity contribution in [3.05, 3.63) is 29.8 Å². The molecule has 1 aliphatic carbocycles. The number of carbonyl (C=O) groups is 1. The molecule has 1 aromatic carbocycles. The summed E-state index contributed by atoms with van der Waals surface area (Å²) in [5, 5.41) is 3.04. The number of hydrogen-bond donors (Lipinski definition) is 3. The van der Waals surface area contributed by atoms with Crippen molar-refractivity contribution in [1.82, 2.24) is 5.32 Å². The number of carbonyl (C=O) groups excluding carboxylic acids is 1. The van der Waals surface area contributed by atoms with Gasteiger partial charge in [0, 0.05) is 17.8 Å². The highest BCUT2D eigenvalue weighted by atomic mass is 32.2. The molecule has 0 aliphatic heterocycles. The van der Waals surface area contributed by atoms with Crippen LogP contribution in [0.4, 0.5) is 5.69 Å². The van der Waals surface area contributed by atoms with Crippen molar-refractivity contribution in [3.8, 4) is 0 Å². The Balaban J connectivity index is 2.03. The van der Waals surface area contributed by atoms with Crippen LogP contribution in [0.1, 0.15) is 49.4 Å². The lowest BCUT2D eigenvalue weighted by molar-refractivity contribution is 0.0903. The van der Waals surface area contributed by atoms with E-state index >= 15 is 0 Å². The van der Waals surface area contributed by atoms with Crippen LogP contribution in [-0.4, -0.2) is 32.2 Å². The monoisotopic (exact) mass is 339 g/mol. The van der Waals surface area contributed by atoms with Crippen LogP contribution in [0, 0.1) is 0 Å². The van der Waals surface area contributed by atoms with Crippen molar-refractivity contribution in [3.63, 3.8) is 0 Å². The summed E-state index contributed by atoms with van der Waals surface area (Å²) in [7, 11) is -3.32. The summed E-state index contributed by atoms with van der Waals surface area (Å²) in [6.45, 7) is 2.25. The quantitative estimate of drug-likeness (QED) is 0.705. The molecule has 1 aliphatic rings. The molecular formula is C16H25N3O3S. The molecule has 0 bridgehead atoms. The molecule has 0 saturated heterocycles. The van der Waals surface area contributed by atoms with Crippen molar-refractivity contribution in [2.24, 2.45) is 5.73 Å². The Morgan fingerprint density at radius 2 is 1.83 bits per heavy atom. The summed E-state index contributed by atoms with van der Waals surface area (Å²) in [5.41, 5.74) is 6.50. The molecule has 1 amide bonds. The third-order valence-corrected chi connectivity index (χ3v) is 5.72. The van der Waals surface area contributed by atoms with Crippen LogP contribution >= 0.6 is 0 Å². The lowest BCUT2D eigenvalue weighted by atomic mass is 9.97. The van der Waals surface area contributed by atoms with Gasteiger partial charge in [0.25, 0.3) is 5.91 Å². The topological polar surface area (TPSA) is 101 Å². The highest BCUT2D eigenvalue weighted by Gasteiger charge is 2.34. The maximum Gasteiger partial charge on any atom is 0.251 e. The predicted molar refractivity (Wildman–Crippen MR) is 91.9 cm³/mol. The summed E-state index contributed by atoms with van der Waals surface area (Å²) < 4.78 is 25.9. The van der Waals surface area contributed by atoms with Gasteiger partial charge in [-0.05, 0) is 43.5 Å². The van der Waals surface area contributed by atoms with Gasteiger partial charge in [-0.1, -0.05) is 19.8 Å². The average molecular weight is 339 g/mol. The van der Waals surface area contributed by atoms with Gasteiger partial charge in [-0.3, -0.25) is 9.52 Å². The van der Waals surface area contributed by atoms with Crippen molar-refractivity contribution >= 4 is 21.6 Å². The van der Waals surface area contributed by atoms with Gasteiger partial charge in [0.05, 0.1) is 11.3 Å². The fourth-order valence-electron chi connectivity index (χ4n) is 2.93. The smallest absolute Gasteiger partial charge is 0.251 e. The molecule has 1 saturated carbocycles. The SMILES string of the molecule is CCCS(=O)(=O)Nc1ccc(C(=O)NC2(CN)CCCC2)cc1. The van der Waals surface area contributed by atoms with Crippen LogP contribution in [0.15, 0.2) is 24.3 Å². The van der Waals surface area contributed by atoms with E-state index in [9.17, 15) is 13.2 Å². The number of benzene rings is 1. The maximum atomic E-state index is 12.4. The summed E-state index contributed by atoms with van der Waals surface area (Å²) in [5.74, 6) is -0.0887. The number of anilines is 1. The number of nitrogens with two attached hydrogens (primary N) is 1. The largest absolute Gasteiger partial charge is 0.345 e. The van der Waals surface area contributed by atoms with E-state index in [0.717, 1.165) is 25.7 Å². The average Bonchev–Trinajstić information content (AvgIpc) is 2.96. The number of amides is 1. The van der Waals surface area contributed by atoms with Crippen molar-refractivity contribution in [2.75, 3.05) is 17.0 Å². The van der Waals surface area contributed by atoms with E-state index in [0.29, 0.717) is 24.2 Å². The molecule has 23 heavy (non-hydrogen) atoms. The molecule has 128 valence electrons. The zero-order valence-corrected chi connectivity index (χ0v) is 14.3. The van der Waals surface area contributed by atoms with Gasteiger partial charge in [0.1, 0.15) is 0 Å². The first kappa shape index (κ1) is 17.7. The van der Waals surface area contributed by atoms with Gasteiger partial charge in [0.2, 0.25) is 10.0 Å². The maximum absolute atomic E-state index is 12.4. The summed E-state index contributed by atoms with van der Waals surface area (Å²) in [4.78, 5) is 12.4. The highest BCUT2D eigenvalue weighted by Crippen LogP contribution is 2.29. The Morgan fingerprint density at radius 3 is 2.35 bits per heavy atom. The summed E-state index contributed by atoms with van der Waals surface area (Å²) in [6, 6.07) is 6.45. The van der Waals surface area contributed by atoms with E-state index in [1.54, 1.807) is 24.3 Å². The highest BCUT2D eigenvalue weighted by molar-refractivity contribution is 7.92. The van der Waals surface area contributed by atoms with Gasteiger partial charge in [-0.2, -0.15) is 0 Å². The molecule has 1 aromatic rings. The van der Waals surface area contributed by atoms with Gasteiger partial charge >= 0.3 is 0 Å². The van der Waals surface area contributed by atoms with Gasteiger partial charge in [-0.25, -0.2) is 8.42 Å². The Hall–Kier alpha value is -1.60. The van der Waals surface area contributed by atoms with Crippen LogP contribution in [0.3, 0.4) is 0 Å². The zero-order chi connectivity index (χ0) is 16.9. The van der Waals surface area contributed by atoms with E-state index < -0.39 is 10.0 Å². The van der Waals surface area contributed by atoms with Crippen molar-refractivity contribution < 1.29 is 13.2 Å². The number of rotatable bonds is 7. The molecule has 1 fully saturated rings. The molecular weight excluding hydrogens is 314 g/mol. The summed E-state index contributed by atoms with van der Waals surface area (Å²) >= 11 is 0. The molecule has 0 heterocycles. The number of nitrogens with one attached hydrogen (secondary N) is 2. The third kappa shape index (κ3) is 4.68. The Kier molecular flexibility index (Phi) is 5.64. The molecule has 0 atom stereocenters. The first-order valence-corrected chi connectivity index (χ1v) is 9.68. The molecule has 2 rings (SSSR count). The molecule has 6 nitrogen and oxygen atoms in total.